The third-order valence-corrected chi connectivity index (χ3v) is 3.09. The van der Waals surface area contributed by atoms with E-state index in [2.05, 4.69) is 15.6 Å². The minimum Gasteiger partial charge on any atom is -0.481 e. The van der Waals surface area contributed by atoms with E-state index in [1.807, 2.05) is 6.92 Å². The lowest BCUT2D eigenvalue weighted by molar-refractivity contribution is -0.142. The van der Waals surface area contributed by atoms with Gasteiger partial charge in [-0.3, -0.25) is 14.6 Å². The summed E-state index contributed by atoms with van der Waals surface area (Å²) in [6, 6.07) is 0.221. The molecule has 8 nitrogen and oxygen atoms in total. The Balaban J connectivity index is 2.11. The van der Waals surface area contributed by atoms with Crippen LogP contribution in [0.25, 0.3) is 0 Å². The van der Waals surface area contributed by atoms with E-state index >= 15 is 0 Å². The van der Waals surface area contributed by atoms with Crippen LogP contribution in [-0.4, -0.2) is 52.0 Å². The first-order chi connectivity index (χ1) is 9.97. The summed E-state index contributed by atoms with van der Waals surface area (Å²) in [4.78, 5) is 40.0. The number of aryl methyl sites for hydroxylation is 1. The number of nitrogens with zero attached hydrogens (tertiary/aromatic N) is 2. The molecule has 1 aromatic heterocycles. The highest BCUT2D eigenvalue weighted by Crippen LogP contribution is 2.13. The van der Waals surface area contributed by atoms with E-state index in [0.29, 0.717) is 12.2 Å². The van der Waals surface area contributed by atoms with Crippen molar-refractivity contribution in [2.75, 3.05) is 18.4 Å². The van der Waals surface area contributed by atoms with E-state index in [0.717, 1.165) is 5.56 Å². The summed E-state index contributed by atoms with van der Waals surface area (Å²) in [6.07, 6.45) is 2.71. The fourth-order valence-electron chi connectivity index (χ4n) is 2.14. The molecule has 8 heteroatoms. The predicted molar refractivity (Wildman–Crippen MR) is 73.7 cm³/mol. The smallest absolute Gasteiger partial charge is 0.322 e. The zero-order valence-corrected chi connectivity index (χ0v) is 11.5. The number of carbonyl (C=O) groups excluding carboxylic acids is 2. The molecule has 1 aliphatic heterocycles. The molecular weight excluding hydrogens is 276 g/mol. The number of aromatic nitrogens is 1. The standard InChI is InChI=1S/C13H16N4O4/c1-8-4-9(7-14-6-8)16-13(21)17-3-2-15-12(20)10(17)5-11(18)19/h4,6-7,10H,2-3,5H2,1H3,(H,15,20)(H,16,21)(H,18,19). The Morgan fingerprint density at radius 2 is 2.29 bits per heavy atom. The Hall–Kier alpha value is -2.64. The van der Waals surface area contributed by atoms with Crippen molar-refractivity contribution in [3.05, 3.63) is 24.0 Å². The van der Waals surface area contributed by atoms with Gasteiger partial charge in [-0.2, -0.15) is 0 Å². The highest BCUT2D eigenvalue weighted by molar-refractivity contribution is 5.96. The van der Waals surface area contributed by atoms with Crippen molar-refractivity contribution < 1.29 is 19.5 Å². The Morgan fingerprint density at radius 1 is 1.52 bits per heavy atom. The maximum atomic E-state index is 12.2. The van der Waals surface area contributed by atoms with E-state index in [9.17, 15) is 14.4 Å². The van der Waals surface area contributed by atoms with Gasteiger partial charge in [-0.25, -0.2) is 4.79 Å². The zero-order valence-electron chi connectivity index (χ0n) is 11.5. The maximum absolute atomic E-state index is 12.2. The summed E-state index contributed by atoms with van der Waals surface area (Å²) >= 11 is 0. The summed E-state index contributed by atoms with van der Waals surface area (Å²) in [5.41, 5.74) is 1.38. The quantitative estimate of drug-likeness (QED) is 0.736. The first-order valence-electron chi connectivity index (χ1n) is 6.46. The van der Waals surface area contributed by atoms with Crippen molar-refractivity contribution in [3.63, 3.8) is 0 Å². The second kappa shape index (κ2) is 6.21. The lowest BCUT2D eigenvalue weighted by Crippen LogP contribution is -2.58. The molecule has 2 heterocycles. The van der Waals surface area contributed by atoms with Gasteiger partial charge in [0.15, 0.2) is 0 Å². The number of carboxylic acid groups (broad SMARTS) is 1. The van der Waals surface area contributed by atoms with Crippen LogP contribution in [0.5, 0.6) is 0 Å². The molecule has 1 unspecified atom stereocenters. The molecule has 0 radical (unpaired) electrons. The van der Waals surface area contributed by atoms with Crippen molar-refractivity contribution in [2.45, 2.75) is 19.4 Å². The van der Waals surface area contributed by atoms with Gasteiger partial charge in [0.2, 0.25) is 5.91 Å². The van der Waals surface area contributed by atoms with Crippen LogP contribution < -0.4 is 10.6 Å². The normalized spacial score (nSPS) is 18.0. The predicted octanol–water partition coefficient (Wildman–Crippen LogP) is 0.197. The molecule has 1 atom stereocenters. The minimum atomic E-state index is -1.13. The van der Waals surface area contributed by atoms with Gasteiger partial charge in [-0.15, -0.1) is 0 Å². The van der Waals surface area contributed by atoms with Gasteiger partial charge in [0.05, 0.1) is 18.3 Å². The maximum Gasteiger partial charge on any atom is 0.322 e. The Kier molecular flexibility index (Phi) is 4.36. The minimum absolute atomic E-state index is 0.259. The number of pyridine rings is 1. The van der Waals surface area contributed by atoms with Crippen molar-refractivity contribution in [1.82, 2.24) is 15.2 Å². The Labute approximate surface area is 121 Å². The number of piperazine rings is 1. The van der Waals surface area contributed by atoms with Gasteiger partial charge in [-0.05, 0) is 18.6 Å². The summed E-state index contributed by atoms with van der Waals surface area (Å²) in [7, 11) is 0. The molecule has 0 bridgehead atoms. The monoisotopic (exact) mass is 292 g/mol. The Morgan fingerprint density at radius 3 is 2.95 bits per heavy atom. The lowest BCUT2D eigenvalue weighted by Gasteiger charge is -2.34. The Bertz CT molecular complexity index is 575. The molecule has 3 amide bonds. The number of rotatable bonds is 3. The highest BCUT2D eigenvalue weighted by Gasteiger charge is 2.34. The SMILES string of the molecule is Cc1cncc(NC(=O)N2CCNC(=O)C2CC(=O)O)c1. The van der Waals surface area contributed by atoms with Crippen LogP contribution in [0.4, 0.5) is 10.5 Å². The molecule has 21 heavy (non-hydrogen) atoms. The van der Waals surface area contributed by atoms with E-state index in [-0.39, 0.29) is 6.54 Å². The number of carboxylic acids is 1. The topological polar surface area (TPSA) is 112 Å². The number of nitrogens with one attached hydrogen (secondary N) is 2. The molecule has 1 saturated heterocycles. The number of hydrogen-bond acceptors (Lipinski definition) is 4. The number of amides is 3. The number of hydrogen-bond donors (Lipinski definition) is 3. The zero-order chi connectivity index (χ0) is 15.4. The van der Waals surface area contributed by atoms with Gasteiger partial charge in [-0.1, -0.05) is 0 Å². The molecule has 1 aliphatic rings. The van der Waals surface area contributed by atoms with E-state index < -0.39 is 30.4 Å². The number of anilines is 1. The van der Waals surface area contributed by atoms with E-state index in [1.54, 1.807) is 12.3 Å². The fraction of sp³-hybridized carbons (Fsp3) is 0.385. The molecule has 0 aliphatic carbocycles. The summed E-state index contributed by atoms with van der Waals surface area (Å²) < 4.78 is 0. The van der Waals surface area contributed by atoms with E-state index in [1.165, 1.54) is 11.1 Å². The van der Waals surface area contributed by atoms with Gasteiger partial charge >= 0.3 is 12.0 Å². The number of carbonyl (C=O) groups is 3. The first-order valence-corrected chi connectivity index (χ1v) is 6.46. The molecule has 0 aromatic carbocycles. The van der Waals surface area contributed by atoms with Crippen LogP contribution in [0.1, 0.15) is 12.0 Å². The van der Waals surface area contributed by atoms with Crippen molar-refractivity contribution in [1.29, 1.82) is 0 Å². The fourth-order valence-corrected chi connectivity index (χ4v) is 2.14. The van der Waals surface area contributed by atoms with Crippen LogP contribution in [0.15, 0.2) is 18.5 Å². The van der Waals surface area contributed by atoms with Crippen LogP contribution in [0, 0.1) is 6.92 Å². The van der Waals surface area contributed by atoms with Gasteiger partial charge in [0.1, 0.15) is 6.04 Å². The molecule has 112 valence electrons. The highest BCUT2D eigenvalue weighted by atomic mass is 16.4. The molecular formula is C13H16N4O4. The molecule has 2 rings (SSSR count). The second-order valence-electron chi connectivity index (χ2n) is 4.78. The third-order valence-electron chi connectivity index (χ3n) is 3.09. The third kappa shape index (κ3) is 3.68. The van der Waals surface area contributed by atoms with Crippen LogP contribution >= 0.6 is 0 Å². The average molecular weight is 292 g/mol. The van der Waals surface area contributed by atoms with Gasteiger partial charge < -0.3 is 20.6 Å². The van der Waals surface area contributed by atoms with Crippen molar-refractivity contribution in [2.24, 2.45) is 0 Å². The van der Waals surface area contributed by atoms with Crippen LogP contribution in [0.3, 0.4) is 0 Å². The van der Waals surface area contributed by atoms with E-state index in [4.69, 9.17) is 5.11 Å². The van der Waals surface area contributed by atoms with Crippen molar-refractivity contribution >= 4 is 23.6 Å². The molecule has 3 N–H and O–H groups in total. The molecule has 0 spiro atoms. The van der Waals surface area contributed by atoms with Gasteiger partial charge in [0, 0.05) is 19.3 Å². The van der Waals surface area contributed by atoms with Gasteiger partial charge in [0.25, 0.3) is 0 Å². The molecule has 1 aromatic rings. The summed E-state index contributed by atoms with van der Waals surface area (Å²) in [5, 5.41) is 14.0. The molecule has 1 fully saturated rings. The van der Waals surface area contributed by atoms with Crippen LogP contribution in [0.2, 0.25) is 0 Å². The van der Waals surface area contributed by atoms with Crippen molar-refractivity contribution in [3.8, 4) is 0 Å². The average Bonchev–Trinajstić information content (AvgIpc) is 2.40. The van der Waals surface area contributed by atoms with Crippen LogP contribution in [-0.2, 0) is 9.59 Å². The largest absolute Gasteiger partial charge is 0.481 e. The number of urea groups is 1. The summed E-state index contributed by atoms with van der Waals surface area (Å²) in [6.45, 7) is 2.40. The number of aliphatic carboxylic acids is 1. The summed E-state index contributed by atoms with van der Waals surface area (Å²) in [5.74, 6) is -1.59. The lowest BCUT2D eigenvalue weighted by atomic mass is 10.1. The molecule has 0 saturated carbocycles. The second-order valence-corrected chi connectivity index (χ2v) is 4.78. The first kappa shape index (κ1) is 14.8.